The number of rotatable bonds is 7. The number of alkyl halides is 6. The first-order valence-corrected chi connectivity index (χ1v) is 14.6. The zero-order valence-electron chi connectivity index (χ0n) is 22.2. The second kappa shape index (κ2) is 11.1. The Morgan fingerprint density at radius 1 is 1.00 bits per heavy atom. The third-order valence-electron chi connectivity index (χ3n) is 6.79. The molecule has 1 heterocycles. The molecule has 1 aliphatic rings. The van der Waals surface area contributed by atoms with Crippen molar-refractivity contribution in [3.8, 4) is 11.1 Å². The van der Waals surface area contributed by atoms with Gasteiger partial charge in [0.25, 0.3) is 5.60 Å². The highest BCUT2D eigenvalue weighted by Gasteiger charge is 2.74. The van der Waals surface area contributed by atoms with E-state index >= 15 is 0 Å². The van der Waals surface area contributed by atoms with Gasteiger partial charge in [-0.15, -0.1) is 0 Å². The Morgan fingerprint density at radius 2 is 1.60 bits per heavy atom. The summed E-state index contributed by atoms with van der Waals surface area (Å²) in [5.41, 5.74) is 0.875. The van der Waals surface area contributed by atoms with Crippen LogP contribution in [0.1, 0.15) is 31.9 Å². The van der Waals surface area contributed by atoms with Crippen LogP contribution in [0.5, 0.6) is 0 Å². The fourth-order valence-electron chi connectivity index (χ4n) is 4.76. The predicted octanol–water partition coefficient (Wildman–Crippen LogP) is 7.18. The van der Waals surface area contributed by atoms with E-state index in [2.05, 4.69) is 5.10 Å². The average Bonchev–Trinajstić information content (AvgIpc) is 3.32. The lowest BCUT2D eigenvalue weighted by molar-refractivity contribution is -0.338. The van der Waals surface area contributed by atoms with E-state index in [-0.39, 0.29) is 38.5 Å². The summed E-state index contributed by atoms with van der Waals surface area (Å²) in [5.74, 6) is -0.111. The molecular weight excluding hydrogens is 608 g/mol. The molecule has 0 saturated carbocycles. The first-order chi connectivity index (χ1) is 19.4. The van der Waals surface area contributed by atoms with Gasteiger partial charge in [-0.3, -0.25) is 5.01 Å². The molecule has 0 saturated heterocycles. The molecule has 0 amide bonds. The maximum atomic E-state index is 13.7. The molecule has 0 aliphatic carbocycles. The molecule has 3 aromatic carbocycles. The van der Waals surface area contributed by atoms with Crippen molar-refractivity contribution in [1.29, 1.82) is 0 Å². The van der Waals surface area contributed by atoms with Crippen LogP contribution in [0.2, 0.25) is 5.02 Å². The molecule has 0 bridgehead atoms. The summed E-state index contributed by atoms with van der Waals surface area (Å²) in [6.45, 7) is 3.57. The molecule has 1 unspecified atom stereocenters. The van der Waals surface area contributed by atoms with Crippen molar-refractivity contribution >= 4 is 38.5 Å². The van der Waals surface area contributed by atoms with Gasteiger partial charge in [0.2, 0.25) is 0 Å². The van der Waals surface area contributed by atoms with Crippen LogP contribution < -0.4 is 10.7 Å². The lowest BCUT2D eigenvalue weighted by Crippen LogP contribution is -2.62. The summed E-state index contributed by atoms with van der Waals surface area (Å²) in [5, 5.41) is 14.6. The molecule has 6 nitrogen and oxygen atoms in total. The van der Waals surface area contributed by atoms with Crippen LogP contribution in [0.15, 0.2) is 76.7 Å². The van der Waals surface area contributed by atoms with Crippen LogP contribution >= 0.6 is 11.6 Å². The summed E-state index contributed by atoms with van der Waals surface area (Å²) < 4.78 is 107. The normalized spacial score (nSPS) is 16.7. The monoisotopic (exact) mass is 633 g/mol. The zero-order valence-corrected chi connectivity index (χ0v) is 23.8. The molecule has 0 aromatic heterocycles. The van der Waals surface area contributed by atoms with Crippen LogP contribution in [0, 0.1) is 5.92 Å². The first kappa shape index (κ1) is 31.6. The number of nitrogens with zero attached hydrogens (tertiary/aromatic N) is 2. The molecule has 3 N–H and O–H groups in total. The highest BCUT2D eigenvalue weighted by atomic mass is 35.5. The molecule has 1 aliphatic heterocycles. The predicted molar refractivity (Wildman–Crippen MR) is 149 cm³/mol. The molecule has 42 heavy (non-hydrogen) atoms. The summed E-state index contributed by atoms with van der Waals surface area (Å²) in [6.07, 6.45) is -13.2. The number of hydrazone groups is 1. The number of para-hydroxylation sites is 1. The smallest absolute Gasteiger partial charge is 0.398 e. The van der Waals surface area contributed by atoms with E-state index in [1.807, 2.05) is 0 Å². The fourth-order valence-corrected chi connectivity index (χ4v) is 6.61. The summed E-state index contributed by atoms with van der Waals surface area (Å²) >= 11 is 6.22. The molecule has 0 radical (unpaired) electrons. The Hall–Kier alpha value is -3.29. The van der Waals surface area contributed by atoms with Crippen molar-refractivity contribution in [2.75, 3.05) is 16.5 Å². The van der Waals surface area contributed by atoms with Gasteiger partial charge in [0.05, 0.1) is 33.1 Å². The lowest BCUT2D eigenvalue weighted by Gasteiger charge is -2.32. The maximum absolute atomic E-state index is 13.7. The van der Waals surface area contributed by atoms with E-state index in [1.165, 1.54) is 54.6 Å². The van der Waals surface area contributed by atoms with Crippen molar-refractivity contribution in [1.82, 2.24) is 0 Å². The number of hydrogen-bond donors (Lipinski definition) is 2. The van der Waals surface area contributed by atoms with Crippen molar-refractivity contribution in [3.05, 3.63) is 77.3 Å². The van der Waals surface area contributed by atoms with Crippen molar-refractivity contribution in [2.45, 2.75) is 49.2 Å². The highest BCUT2D eigenvalue weighted by Crippen LogP contribution is 2.49. The number of hydrogen-bond acceptors (Lipinski definition) is 6. The molecule has 1 atom stereocenters. The van der Waals surface area contributed by atoms with Gasteiger partial charge < -0.3 is 10.8 Å². The van der Waals surface area contributed by atoms with Crippen LogP contribution in [-0.2, 0) is 9.84 Å². The van der Waals surface area contributed by atoms with E-state index in [0.29, 0.717) is 11.1 Å². The van der Waals surface area contributed by atoms with Gasteiger partial charge in [-0.05, 0) is 47.4 Å². The highest BCUT2D eigenvalue weighted by molar-refractivity contribution is 7.91. The molecule has 4 rings (SSSR count). The van der Waals surface area contributed by atoms with Crippen molar-refractivity contribution in [2.24, 2.45) is 11.0 Å². The third kappa shape index (κ3) is 5.82. The Labute approximate surface area is 243 Å². The minimum Gasteiger partial charge on any atom is -0.398 e. The van der Waals surface area contributed by atoms with Crippen LogP contribution in [0.4, 0.5) is 37.7 Å². The van der Waals surface area contributed by atoms with Crippen LogP contribution in [-0.4, -0.2) is 42.9 Å². The molecule has 3 aromatic rings. The Balaban J connectivity index is 1.74. The van der Waals surface area contributed by atoms with Gasteiger partial charge in [0.1, 0.15) is 0 Å². The zero-order chi connectivity index (χ0) is 31.3. The number of nitrogens with two attached hydrogens (primary N) is 1. The minimum atomic E-state index is -6.11. The van der Waals surface area contributed by atoms with Gasteiger partial charge in [-0.1, -0.05) is 61.8 Å². The van der Waals surface area contributed by atoms with Gasteiger partial charge in [-0.2, -0.15) is 31.4 Å². The summed E-state index contributed by atoms with van der Waals surface area (Å²) in [6, 6.07) is 14.9. The van der Waals surface area contributed by atoms with Crippen molar-refractivity contribution in [3.63, 3.8) is 0 Å². The molecular formula is C28H26ClF6N3O3S. The Kier molecular flexibility index (Phi) is 8.35. The largest absolute Gasteiger partial charge is 0.431 e. The van der Waals surface area contributed by atoms with E-state index in [1.54, 1.807) is 26.0 Å². The van der Waals surface area contributed by atoms with Gasteiger partial charge >= 0.3 is 12.4 Å². The van der Waals surface area contributed by atoms with Gasteiger partial charge in [0, 0.05) is 17.7 Å². The lowest BCUT2D eigenvalue weighted by atomic mass is 9.89. The summed E-state index contributed by atoms with van der Waals surface area (Å²) in [7, 11) is -3.50. The number of nitrogen functional groups attached to an aromatic ring is 1. The maximum Gasteiger partial charge on any atom is 0.431 e. The Morgan fingerprint density at radius 3 is 2.12 bits per heavy atom. The quantitative estimate of drug-likeness (QED) is 0.212. The topological polar surface area (TPSA) is 96.0 Å². The molecule has 14 heteroatoms. The van der Waals surface area contributed by atoms with Crippen molar-refractivity contribution < 1.29 is 39.9 Å². The number of anilines is 2. The third-order valence-corrected chi connectivity index (χ3v) is 9.20. The second-order valence-corrected chi connectivity index (χ2v) is 12.8. The van der Waals surface area contributed by atoms with E-state index in [0.717, 1.165) is 5.01 Å². The van der Waals surface area contributed by atoms with E-state index in [4.69, 9.17) is 17.3 Å². The number of benzene rings is 3. The average molecular weight is 634 g/mol. The Bertz CT molecular complexity index is 1590. The second-order valence-electron chi connectivity index (χ2n) is 10.3. The molecule has 0 fully saturated rings. The SMILES string of the molecule is CC(C)CS(=O)(=O)c1ccc(-c2ccc(C3CC(C(O)(C(F)(F)F)C(F)(F)F)=NN3c3ccccc3Cl)cc2N)cc1. The number of aliphatic hydroxyl groups is 1. The number of sulfone groups is 1. The van der Waals surface area contributed by atoms with Gasteiger partial charge in [0.15, 0.2) is 9.84 Å². The number of halogens is 7. The van der Waals surface area contributed by atoms with Crippen LogP contribution in [0.25, 0.3) is 11.1 Å². The first-order valence-electron chi connectivity index (χ1n) is 12.6. The van der Waals surface area contributed by atoms with Gasteiger partial charge in [-0.25, -0.2) is 8.42 Å². The van der Waals surface area contributed by atoms with E-state index < -0.39 is 46.0 Å². The van der Waals surface area contributed by atoms with E-state index in [9.17, 15) is 39.9 Å². The standard InChI is InChI=1S/C28H26ClF6N3O3S/c1-16(2)15-42(40,41)19-10-7-17(8-11-19)20-12-9-18(13-22(20)36)24-14-25(26(39,27(30,31)32)28(33,34)35)37-38(24)23-6-4-3-5-21(23)29/h3-13,16,24,39H,14-15,36H2,1-2H3. The molecule has 226 valence electrons. The van der Waals surface area contributed by atoms with Crippen LogP contribution in [0.3, 0.4) is 0 Å². The minimum absolute atomic E-state index is 0.00663. The summed E-state index contributed by atoms with van der Waals surface area (Å²) in [4.78, 5) is 0.128. The molecule has 0 spiro atoms. The fraction of sp³-hybridized carbons (Fsp3) is 0.321.